The van der Waals surface area contributed by atoms with Gasteiger partial charge in [-0.1, -0.05) is 12.2 Å². The van der Waals surface area contributed by atoms with Crippen molar-refractivity contribution in [3.8, 4) is 0 Å². The molecule has 0 radical (unpaired) electrons. The summed E-state index contributed by atoms with van der Waals surface area (Å²) < 4.78 is 4.86. The van der Waals surface area contributed by atoms with Crippen LogP contribution in [0.4, 0.5) is 0 Å². The van der Waals surface area contributed by atoms with Gasteiger partial charge in [-0.2, -0.15) is 0 Å². The van der Waals surface area contributed by atoms with Gasteiger partial charge in [0, 0.05) is 6.54 Å². The summed E-state index contributed by atoms with van der Waals surface area (Å²) in [5.41, 5.74) is 0. The third-order valence-corrected chi connectivity index (χ3v) is 1.55. The lowest BCUT2D eigenvalue weighted by atomic mass is 10.3. The second-order valence-corrected chi connectivity index (χ2v) is 2.29. The highest BCUT2D eigenvalue weighted by Gasteiger charge is 2.25. The monoisotopic (exact) mass is 137 g/mol. The van der Waals surface area contributed by atoms with Crippen molar-refractivity contribution in [1.82, 2.24) is 4.90 Å². The predicted octanol–water partition coefficient (Wildman–Crippen LogP) is 0.256. The average molecular weight is 137 g/mol. The summed E-state index contributed by atoms with van der Waals surface area (Å²) in [5, 5.41) is 0. The Labute approximate surface area is 58.6 Å². The van der Waals surface area contributed by atoms with Crippen LogP contribution in [-0.2, 0) is 9.53 Å². The lowest BCUT2D eigenvalue weighted by Gasteiger charge is -2.14. The number of carbonyl (C=O) groups is 1. The number of esters is 1. The van der Waals surface area contributed by atoms with Crippen molar-refractivity contribution < 1.29 is 9.53 Å². The zero-order chi connectivity index (χ0) is 6.97. The smallest absolute Gasteiger partial charge is 0.332 e. The molecule has 3 heteroatoms. The predicted molar refractivity (Wildman–Crippen MR) is 34.9 cm³/mol. The maximum atomic E-state index is 10.7. The average Bonchev–Trinajstić information content (AvgIpc) is 2.27. The Hall–Kier alpha value is -1.25. The van der Waals surface area contributed by atoms with Crippen LogP contribution >= 0.6 is 0 Å². The van der Waals surface area contributed by atoms with Gasteiger partial charge in [-0.05, 0) is 6.08 Å². The standard InChI is InChI=1S/C7H7NO2/c9-7-5-8-4-2-1-3-6(8)10-7/h1-3H,4-5H2. The van der Waals surface area contributed by atoms with Crippen molar-refractivity contribution in [2.75, 3.05) is 13.1 Å². The molecule has 2 heterocycles. The highest BCUT2D eigenvalue weighted by molar-refractivity contribution is 5.75. The summed E-state index contributed by atoms with van der Waals surface area (Å²) in [6.45, 7) is 1.19. The molecule has 0 spiro atoms. The first-order chi connectivity index (χ1) is 4.86. The van der Waals surface area contributed by atoms with Crippen molar-refractivity contribution in [1.29, 1.82) is 0 Å². The summed E-state index contributed by atoms with van der Waals surface area (Å²) in [7, 11) is 0. The summed E-state index contributed by atoms with van der Waals surface area (Å²) in [6, 6.07) is 0. The van der Waals surface area contributed by atoms with Crippen molar-refractivity contribution in [2.24, 2.45) is 0 Å². The van der Waals surface area contributed by atoms with E-state index in [1.165, 1.54) is 0 Å². The Bertz CT molecular complexity index is 230. The number of nitrogens with zero attached hydrogens (tertiary/aromatic N) is 1. The van der Waals surface area contributed by atoms with E-state index >= 15 is 0 Å². The van der Waals surface area contributed by atoms with Gasteiger partial charge in [-0.3, -0.25) is 0 Å². The van der Waals surface area contributed by atoms with Crippen LogP contribution in [0.5, 0.6) is 0 Å². The Kier molecular flexibility index (Phi) is 1.03. The van der Waals surface area contributed by atoms with Gasteiger partial charge >= 0.3 is 5.97 Å². The van der Waals surface area contributed by atoms with Crippen LogP contribution in [0.1, 0.15) is 0 Å². The zero-order valence-corrected chi connectivity index (χ0v) is 5.41. The fourth-order valence-electron chi connectivity index (χ4n) is 1.08. The highest BCUT2D eigenvalue weighted by Crippen LogP contribution is 2.17. The molecule has 0 aromatic carbocycles. The number of fused-ring (bicyclic) bond motifs is 1. The molecule has 0 bridgehead atoms. The molecule has 1 saturated heterocycles. The lowest BCUT2D eigenvalue weighted by molar-refractivity contribution is -0.134. The molecule has 52 valence electrons. The van der Waals surface area contributed by atoms with Gasteiger partial charge in [0.1, 0.15) is 6.54 Å². The van der Waals surface area contributed by atoms with Gasteiger partial charge in [-0.25, -0.2) is 4.79 Å². The Morgan fingerprint density at radius 1 is 1.60 bits per heavy atom. The first kappa shape index (κ1) is 5.53. The Morgan fingerprint density at radius 2 is 2.50 bits per heavy atom. The van der Waals surface area contributed by atoms with Gasteiger partial charge in [0.2, 0.25) is 0 Å². The molecule has 0 aromatic rings. The van der Waals surface area contributed by atoms with Gasteiger partial charge in [-0.15, -0.1) is 0 Å². The van der Waals surface area contributed by atoms with Gasteiger partial charge in [0.05, 0.1) is 0 Å². The molecule has 0 aliphatic carbocycles. The molecule has 2 rings (SSSR count). The van der Waals surface area contributed by atoms with Gasteiger partial charge in [0.25, 0.3) is 0 Å². The van der Waals surface area contributed by atoms with E-state index in [0.717, 1.165) is 6.54 Å². The van der Waals surface area contributed by atoms with Crippen molar-refractivity contribution in [2.45, 2.75) is 0 Å². The van der Waals surface area contributed by atoms with E-state index < -0.39 is 0 Å². The minimum absolute atomic E-state index is 0.157. The fourth-order valence-corrected chi connectivity index (χ4v) is 1.08. The summed E-state index contributed by atoms with van der Waals surface area (Å²) in [5.74, 6) is 0.530. The van der Waals surface area contributed by atoms with Crippen LogP contribution in [0, 0.1) is 0 Å². The van der Waals surface area contributed by atoms with Gasteiger partial charge in [0.15, 0.2) is 5.88 Å². The normalized spacial score (nSPS) is 22.2. The van der Waals surface area contributed by atoms with Crippen molar-refractivity contribution in [3.05, 3.63) is 24.1 Å². The topological polar surface area (TPSA) is 29.5 Å². The molecule has 1 fully saturated rings. The zero-order valence-electron chi connectivity index (χ0n) is 5.41. The number of hydrogen-bond donors (Lipinski definition) is 0. The molecule has 2 aliphatic rings. The first-order valence-corrected chi connectivity index (χ1v) is 3.19. The van der Waals surface area contributed by atoms with Crippen LogP contribution in [0.2, 0.25) is 0 Å². The van der Waals surface area contributed by atoms with E-state index in [9.17, 15) is 4.79 Å². The maximum Gasteiger partial charge on any atom is 0.332 e. The van der Waals surface area contributed by atoms with E-state index in [1.54, 1.807) is 6.08 Å². The largest absolute Gasteiger partial charge is 0.408 e. The molecule has 0 amide bonds. The second-order valence-electron chi connectivity index (χ2n) is 2.29. The van der Waals surface area contributed by atoms with Crippen LogP contribution in [0.15, 0.2) is 24.1 Å². The van der Waals surface area contributed by atoms with Crippen molar-refractivity contribution >= 4 is 5.97 Å². The molecule has 3 nitrogen and oxygen atoms in total. The van der Waals surface area contributed by atoms with Crippen LogP contribution < -0.4 is 0 Å². The van der Waals surface area contributed by atoms with E-state index in [0.29, 0.717) is 12.4 Å². The molecular weight excluding hydrogens is 130 g/mol. The SMILES string of the molecule is O=C1CN2CC=CC=C2O1. The van der Waals surface area contributed by atoms with Crippen molar-refractivity contribution in [3.63, 3.8) is 0 Å². The quantitative estimate of drug-likeness (QED) is 0.448. The summed E-state index contributed by atoms with van der Waals surface area (Å²) >= 11 is 0. The number of hydrogen-bond acceptors (Lipinski definition) is 3. The summed E-state index contributed by atoms with van der Waals surface area (Å²) in [4.78, 5) is 12.6. The Morgan fingerprint density at radius 3 is 3.30 bits per heavy atom. The van der Waals surface area contributed by atoms with E-state index in [4.69, 9.17) is 4.74 Å². The second kappa shape index (κ2) is 1.87. The lowest BCUT2D eigenvalue weighted by Crippen LogP contribution is -2.20. The number of ether oxygens (including phenoxy) is 1. The third kappa shape index (κ3) is 0.708. The first-order valence-electron chi connectivity index (χ1n) is 3.19. The van der Waals surface area contributed by atoms with Crippen LogP contribution in [-0.4, -0.2) is 24.0 Å². The van der Waals surface area contributed by atoms with Gasteiger partial charge < -0.3 is 9.64 Å². The minimum atomic E-state index is -0.157. The number of allylic oxidation sites excluding steroid dienone is 2. The van der Waals surface area contributed by atoms with E-state index in [1.807, 2.05) is 17.1 Å². The number of rotatable bonds is 0. The Balaban J connectivity index is 2.26. The fraction of sp³-hybridized carbons (Fsp3) is 0.286. The van der Waals surface area contributed by atoms with E-state index in [2.05, 4.69) is 0 Å². The number of carbonyl (C=O) groups excluding carboxylic acids is 1. The molecule has 0 N–H and O–H groups in total. The molecule has 2 aliphatic heterocycles. The summed E-state index contributed by atoms with van der Waals surface area (Å²) in [6.07, 6.45) is 5.68. The third-order valence-electron chi connectivity index (χ3n) is 1.55. The van der Waals surface area contributed by atoms with Crippen LogP contribution in [0.3, 0.4) is 0 Å². The maximum absolute atomic E-state index is 10.7. The molecule has 0 atom stereocenters. The molecule has 0 aromatic heterocycles. The van der Waals surface area contributed by atoms with E-state index in [-0.39, 0.29) is 5.97 Å². The molecular formula is C7H7NO2. The molecule has 0 saturated carbocycles. The molecule has 10 heavy (non-hydrogen) atoms. The highest BCUT2D eigenvalue weighted by atomic mass is 16.6. The minimum Gasteiger partial charge on any atom is -0.408 e. The van der Waals surface area contributed by atoms with Crippen LogP contribution in [0.25, 0.3) is 0 Å². The molecule has 0 unspecified atom stereocenters.